The highest BCUT2D eigenvalue weighted by Gasteiger charge is 2.05. The molecule has 5 nitrogen and oxygen atoms in total. The number of hydrogen-bond acceptors (Lipinski definition) is 5. The highest BCUT2D eigenvalue weighted by atomic mass is 32.1. The lowest BCUT2D eigenvalue weighted by molar-refractivity contribution is -0.119. The van der Waals surface area contributed by atoms with Crippen LogP contribution in [0.3, 0.4) is 0 Å². The van der Waals surface area contributed by atoms with Crippen molar-refractivity contribution in [3.8, 4) is 11.3 Å². The van der Waals surface area contributed by atoms with Crippen molar-refractivity contribution in [2.24, 2.45) is 0 Å². The third-order valence-electron chi connectivity index (χ3n) is 2.24. The Balaban J connectivity index is 2.17. The number of nitrogens with one attached hydrogen (secondary N) is 1. The third kappa shape index (κ3) is 3.06. The van der Waals surface area contributed by atoms with Crippen LogP contribution in [0.2, 0.25) is 0 Å². The van der Waals surface area contributed by atoms with E-state index in [9.17, 15) is 4.79 Å². The van der Waals surface area contributed by atoms with Gasteiger partial charge in [-0.1, -0.05) is 12.1 Å². The molecule has 0 fully saturated rings. The number of methoxy groups -OCH3 is 1. The first-order valence-electron chi connectivity index (χ1n) is 5.29. The van der Waals surface area contributed by atoms with Crippen LogP contribution >= 0.6 is 11.3 Å². The maximum absolute atomic E-state index is 11.4. The Morgan fingerprint density at radius 2 is 2.39 bits per heavy atom. The molecule has 0 spiro atoms. The molecule has 18 heavy (non-hydrogen) atoms. The van der Waals surface area contributed by atoms with Gasteiger partial charge in [-0.15, -0.1) is 11.3 Å². The standard InChI is InChI=1S/C12H13N3O2S/c1-17-6-11(16)14-9-4-2-3-8(5-9)10-7-18-12(13)15-10/h2-5,7H,6H2,1H3,(H2,13,15)(H,14,16). The summed E-state index contributed by atoms with van der Waals surface area (Å²) in [5.74, 6) is -0.188. The van der Waals surface area contributed by atoms with Crippen LogP contribution in [0.4, 0.5) is 10.8 Å². The molecule has 0 saturated heterocycles. The number of carbonyl (C=O) groups is 1. The van der Waals surface area contributed by atoms with E-state index in [1.165, 1.54) is 18.4 Å². The smallest absolute Gasteiger partial charge is 0.250 e. The second-order valence-electron chi connectivity index (χ2n) is 3.63. The molecule has 1 amide bonds. The number of hydrogen-bond donors (Lipinski definition) is 2. The minimum Gasteiger partial charge on any atom is -0.375 e. The van der Waals surface area contributed by atoms with Gasteiger partial charge in [-0.05, 0) is 12.1 Å². The summed E-state index contributed by atoms with van der Waals surface area (Å²) in [5.41, 5.74) is 8.03. The van der Waals surface area contributed by atoms with E-state index in [4.69, 9.17) is 10.5 Å². The van der Waals surface area contributed by atoms with E-state index in [1.54, 1.807) is 0 Å². The van der Waals surface area contributed by atoms with Gasteiger partial charge >= 0.3 is 0 Å². The van der Waals surface area contributed by atoms with Crippen LogP contribution < -0.4 is 11.1 Å². The summed E-state index contributed by atoms with van der Waals surface area (Å²) in [5, 5.41) is 5.15. The van der Waals surface area contributed by atoms with Gasteiger partial charge in [0.15, 0.2) is 5.13 Å². The molecule has 6 heteroatoms. The Labute approximate surface area is 109 Å². The molecular weight excluding hydrogens is 250 g/mol. The Bertz CT molecular complexity index is 554. The lowest BCUT2D eigenvalue weighted by atomic mass is 10.1. The van der Waals surface area contributed by atoms with Gasteiger partial charge in [0, 0.05) is 23.7 Å². The molecule has 0 bridgehead atoms. The molecule has 1 aromatic heterocycles. The average Bonchev–Trinajstić information content (AvgIpc) is 2.76. The fraction of sp³-hybridized carbons (Fsp3) is 0.167. The number of thiazole rings is 1. The molecule has 2 rings (SSSR count). The molecular formula is C12H13N3O2S. The largest absolute Gasteiger partial charge is 0.375 e. The molecule has 0 atom stereocenters. The molecule has 94 valence electrons. The minimum absolute atomic E-state index is 0.0356. The molecule has 0 radical (unpaired) electrons. The van der Waals surface area contributed by atoms with Crippen molar-refractivity contribution in [3.63, 3.8) is 0 Å². The second-order valence-corrected chi connectivity index (χ2v) is 4.52. The van der Waals surface area contributed by atoms with Crippen LogP contribution in [-0.4, -0.2) is 24.6 Å². The van der Waals surface area contributed by atoms with Gasteiger partial charge < -0.3 is 15.8 Å². The first-order valence-corrected chi connectivity index (χ1v) is 6.17. The minimum atomic E-state index is -0.188. The van der Waals surface area contributed by atoms with Crippen LogP contribution in [0.15, 0.2) is 29.6 Å². The monoisotopic (exact) mass is 263 g/mol. The number of anilines is 2. The maximum Gasteiger partial charge on any atom is 0.250 e. The zero-order valence-corrected chi connectivity index (χ0v) is 10.7. The maximum atomic E-state index is 11.4. The Morgan fingerprint density at radius 3 is 3.06 bits per heavy atom. The molecule has 1 aromatic carbocycles. The van der Waals surface area contributed by atoms with Crippen molar-refractivity contribution in [3.05, 3.63) is 29.6 Å². The summed E-state index contributed by atoms with van der Waals surface area (Å²) in [6.45, 7) is 0.0356. The Hall–Kier alpha value is -1.92. The van der Waals surface area contributed by atoms with E-state index in [2.05, 4.69) is 10.3 Å². The summed E-state index contributed by atoms with van der Waals surface area (Å²) < 4.78 is 4.75. The van der Waals surface area contributed by atoms with Gasteiger partial charge in [-0.2, -0.15) is 0 Å². The number of amides is 1. The quantitative estimate of drug-likeness (QED) is 0.884. The van der Waals surface area contributed by atoms with Gasteiger partial charge in [-0.3, -0.25) is 4.79 Å². The summed E-state index contributed by atoms with van der Waals surface area (Å²) >= 11 is 1.39. The van der Waals surface area contributed by atoms with Crippen LogP contribution in [-0.2, 0) is 9.53 Å². The second kappa shape index (κ2) is 5.61. The zero-order valence-electron chi connectivity index (χ0n) is 9.84. The number of rotatable bonds is 4. The highest BCUT2D eigenvalue weighted by molar-refractivity contribution is 7.13. The van der Waals surface area contributed by atoms with Crippen molar-refractivity contribution in [2.75, 3.05) is 24.8 Å². The summed E-state index contributed by atoms with van der Waals surface area (Å²) in [4.78, 5) is 15.6. The van der Waals surface area contributed by atoms with Crippen LogP contribution in [0.25, 0.3) is 11.3 Å². The molecule has 0 aliphatic carbocycles. The van der Waals surface area contributed by atoms with E-state index in [-0.39, 0.29) is 12.5 Å². The highest BCUT2D eigenvalue weighted by Crippen LogP contribution is 2.25. The zero-order chi connectivity index (χ0) is 13.0. The van der Waals surface area contributed by atoms with E-state index in [1.807, 2.05) is 29.6 Å². The van der Waals surface area contributed by atoms with Gasteiger partial charge in [0.05, 0.1) is 5.69 Å². The summed E-state index contributed by atoms with van der Waals surface area (Å²) in [6.07, 6.45) is 0. The number of benzene rings is 1. The molecule has 3 N–H and O–H groups in total. The molecule has 1 heterocycles. The average molecular weight is 263 g/mol. The fourth-order valence-corrected chi connectivity index (χ4v) is 2.08. The summed E-state index contributed by atoms with van der Waals surface area (Å²) in [6, 6.07) is 7.43. The van der Waals surface area contributed by atoms with Gasteiger partial charge in [0.2, 0.25) is 5.91 Å². The van der Waals surface area contributed by atoms with E-state index in [0.717, 1.165) is 11.3 Å². The number of nitrogens with two attached hydrogens (primary N) is 1. The summed E-state index contributed by atoms with van der Waals surface area (Å²) in [7, 11) is 1.48. The van der Waals surface area contributed by atoms with E-state index in [0.29, 0.717) is 10.8 Å². The van der Waals surface area contributed by atoms with Crippen molar-refractivity contribution < 1.29 is 9.53 Å². The molecule has 0 unspecified atom stereocenters. The Kier molecular flexibility index (Phi) is 3.91. The van der Waals surface area contributed by atoms with Gasteiger partial charge in [0.1, 0.15) is 6.61 Å². The van der Waals surface area contributed by atoms with Gasteiger partial charge in [0.25, 0.3) is 0 Å². The predicted molar refractivity (Wildman–Crippen MR) is 72.5 cm³/mol. The number of carbonyl (C=O) groups excluding carboxylic acids is 1. The first kappa shape index (κ1) is 12.5. The lowest BCUT2D eigenvalue weighted by Gasteiger charge is -2.05. The van der Waals surface area contributed by atoms with Crippen LogP contribution in [0, 0.1) is 0 Å². The molecule has 2 aromatic rings. The molecule has 0 saturated carbocycles. The van der Waals surface area contributed by atoms with Crippen molar-refractivity contribution in [1.82, 2.24) is 4.98 Å². The topological polar surface area (TPSA) is 77.2 Å². The fourth-order valence-electron chi connectivity index (χ4n) is 1.50. The third-order valence-corrected chi connectivity index (χ3v) is 2.91. The number of ether oxygens (including phenoxy) is 1. The molecule has 0 aliphatic heterocycles. The SMILES string of the molecule is COCC(=O)Nc1cccc(-c2csc(N)n2)c1. The van der Waals surface area contributed by atoms with Crippen LogP contribution in [0.1, 0.15) is 0 Å². The van der Waals surface area contributed by atoms with Crippen LogP contribution in [0.5, 0.6) is 0 Å². The van der Waals surface area contributed by atoms with E-state index < -0.39 is 0 Å². The molecule has 0 aliphatic rings. The normalized spacial score (nSPS) is 10.3. The Morgan fingerprint density at radius 1 is 1.56 bits per heavy atom. The van der Waals surface area contributed by atoms with Crippen molar-refractivity contribution in [2.45, 2.75) is 0 Å². The lowest BCUT2D eigenvalue weighted by Crippen LogP contribution is -2.16. The number of nitrogens with zero attached hydrogens (tertiary/aromatic N) is 1. The van der Waals surface area contributed by atoms with E-state index >= 15 is 0 Å². The number of nitrogen functional groups attached to an aromatic ring is 1. The number of aromatic nitrogens is 1. The first-order chi connectivity index (χ1) is 8.69. The predicted octanol–water partition coefficient (Wildman–Crippen LogP) is 1.98. The van der Waals surface area contributed by atoms with Gasteiger partial charge in [-0.25, -0.2) is 4.98 Å². The van der Waals surface area contributed by atoms with Crippen molar-refractivity contribution in [1.29, 1.82) is 0 Å². The van der Waals surface area contributed by atoms with Crippen molar-refractivity contribution >= 4 is 28.1 Å².